The summed E-state index contributed by atoms with van der Waals surface area (Å²) >= 11 is 0. The Morgan fingerprint density at radius 1 is 1.07 bits per heavy atom. The van der Waals surface area contributed by atoms with Crippen molar-refractivity contribution in [3.05, 3.63) is 75.1 Å². The topological polar surface area (TPSA) is 69.0 Å². The van der Waals surface area contributed by atoms with Crippen molar-refractivity contribution in [2.45, 2.75) is 13.0 Å². The lowest BCUT2D eigenvalue weighted by Gasteiger charge is -2.24. The Bertz CT molecular complexity index is 1100. The van der Waals surface area contributed by atoms with Gasteiger partial charge < -0.3 is 18.8 Å². The zero-order valence-corrected chi connectivity index (χ0v) is 16.0. The number of benzene rings is 2. The molecule has 1 aromatic heterocycles. The fraction of sp³-hybridized carbons (Fsp3) is 0.273. The van der Waals surface area contributed by atoms with Crippen LogP contribution >= 0.6 is 0 Å². The van der Waals surface area contributed by atoms with Crippen LogP contribution in [0.15, 0.2) is 51.7 Å². The Morgan fingerprint density at radius 3 is 2.50 bits per heavy atom. The maximum absolute atomic E-state index is 13.3. The molecule has 0 spiro atoms. The number of aryl methyl sites for hydroxylation is 1. The van der Waals surface area contributed by atoms with Gasteiger partial charge in [0.25, 0.3) is 5.91 Å². The van der Waals surface area contributed by atoms with E-state index in [9.17, 15) is 9.59 Å². The van der Waals surface area contributed by atoms with E-state index in [0.717, 1.165) is 11.1 Å². The van der Waals surface area contributed by atoms with Crippen molar-refractivity contribution in [1.82, 2.24) is 4.90 Å². The van der Waals surface area contributed by atoms with Gasteiger partial charge in [-0.25, -0.2) is 0 Å². The van der Waals surface area contributed by atoms with Gasteiger partial charge in [-0.05, 0) is 36.8 Å². The third kappa shape index (κ3) is 2.86. The van der Waals surface area contributed by atoms with Crippen molar-refractivity contribution in [3.8, 4) is 5.75 Å². The number of nitrogens with zero attached hydrogens (tertiary/aromatic N) is 1. The van der Waals surface area contributed by atoms with Crippen LogP contribution in [0.2, 0.25) is 0 Å². The fourth-order valence-corrected chi connectivity index (χ4v) is 3.69. The largest absolute Gasteiger partial charge is 0.497 e. The summed E-state index contributed by atoms with van der Waals surface area (Å²) in [5.74, 6) is 0.517. The number of methoxy groups -OCH3 is 2. The molecule has 0 unspecified atom stereocenters. The first-order chi connectivity index (χ1) is 13.5. The van der Waals surface area contributed by atoms with E-state index in [4.69, 9.17) is 13.9 Å². The van der Waals surface area contributed by atoms with Crippen molar-refractivity contribution >= 4 is 16.9 Å². The predicted molar refractivity (Wildman–Crippen MR) is 105 cm³/mol. The van der Waals surface area contributed by atoms with Crippen LogP contribution in [0.5, 0.6) is 5.75 Å². The lowest BCUT2D eigenvalue weighted by Crippen LogP contribution is -2.32. The van der Waals surface area contributed by atoms with Crippen LogP contribution < -0.4 is 10.2 Å². The van der Waals surface area contributed by atoms with Crippen LogP contribution in [0, 0.1) is 6.92 Å². The molecule has 0 saturated carbocycles. The minimum Gasteiger partial charge on any atom is -0.497 e. The van der Waals surface area contributed by atoms with Crippen LogP contribution in [-0.4, -0.2) is 38.2 Å². The van der Waals surface area contributed by atoms with Gasteiger partial charge in [0, 0.05) is 13.7 Å². The van der Waals surface area contributed by atoms with Crippen LogP contribution in [0.3, 0.4) is 0 Å². The van der Waals surface area contributed by atoms with E-state index in [1.807, 2.05) is 37.3 Å². The van der Waals surface area contributed by atoms with Crippen molar-refractivity contribution in [3.63, 3.8) is 0 Å². The first kappa shape index (κ1) is 18.3. The van der Waals surface area contributed by atoms with Gasteiger partial charge in [0.2, 0.25) is 5.76 Å². The molecular weight excluding hydrogens is 358 g/mol. The molecular formula is C22H21NO5. The molecule has 2 aromatic carbocycles. The summed E-state index contributed by atoms with van der Waals surface area (Å²) in [6.45, 7) is 2.63. The molecule has 0 N–H and O–H groups in total. The number of rotatable bonds is 5. The molecule has 144 valence electrons. The number of amides is 1. The second-order valence-corrected chi connectivity index (χ2v) is 6.84. The van der Waals surface area contributed by atoms with E-state index in [-0.39, 0.29) is 17.1 Å². The van der Waals surface area contributed by atoms with E-state index >= 15 is 0 Å². The summed E-state index contributed by atoms with van der Waals surface area (Å²) in [6, 6.07) is 12.2. The van der Waals surface area contributed by atoms with Gasteiger partial charge in [-0.15, -0.1) is 0 Å². The minimum atomic E-state index is -0.523. The molecule has 1 aliphatic heterocycles. The smallest absolute Gasteiger partial charge is 0.290 e. The Morgan fingerprint density at radius 2 is 1.82 bits per heavy atom. The summed E-state index contributed by atoms with van der Waals surface area (Å²) < 4.78 is 16.3. The Labute approximate surface area is 162 Å². The van der Waals surface area contributed by atoms with Gasteiger partial charge in [0.05, 0.1) is 30.7 Å². The first-order valence-electron chi connectivity index (χ1n) is 9.06. The first-order valence-corrected chi connectivity index (χ1v) is 9.06. The predicted octanol–water partition coefficient (Wildman–Crippen LogP) is 3.30. The quantitative estimate of drug-likeness (QED) is 0.680. The number of fused-ring (bicyclic) bond motifs is 2. The molecule has 4 rings (SSSR count). The molecule has 3 aromatic rings. The maximum Gasteiger partial charge on any atom is 0.290 e. The molecule has 1 amide bonds. The van der Waals surface area contributed by atoms with Gasteiger partial charge in [-0.3, -0.25) is 9.59 Å². The van der Waals surface area contributed by atoms with E-state index in [1.54, 1.807) is 31.3 Å². The normalized spacial score (nSPS) is 15.9. The molecule has 0 bridgehead atoms. The highest BCUT2D eigenvalue weighted by Crippen LogP contribution is 2.38. The van der Waals surface area contributed by atoms with Crippen LogP contribution in [-0.2, 0) is 4.74 Å². The SMILES string of the molecule is COCCN1C(=O)c2oc3ccc(C)cc3c(=O)c2[C@H]1c1ccc(OC)cc1. The minimum absolute atomic E-state index is 0.110. The number of carbonyl (C=O) groups excluding carboxylic acids is 1. The molecule has 1 atom stereocenters. The Hall–Kier alpha value is -3.12. The molecule has 2 heterocycles. The van der Waals surface area contributed by atoms with E-state index in [1.165, 1.54) is 0 Å². The highest BCUT2D eigenvalue weighted by molar-refractivity contribution is 5.99. The molecule has 0 radical (unpaired) electrons. The van der Waals surface area contributed by atoms with Gasteiger partial charge >= 0.3 is 0 Å². The summed E-state index contributed by atoms with van der Waals surface area (Å²) in [5, 5.41) is 0.485. The number of hydrogen-bond donors (Lipinski definition) is 0. The molecule has 0 saturated heterocycles. The zero-order chi connectivity index (χ0) is 19.8. The number of ether oxygens (including phenoxy) is 2. The highest BCUT2D eigenvalue weighted by atomic mass is 16.5. The van der Waals surface area contributed by atoms with Crippen molar-refractivity contribution in [2.75, 3.05) is 27.4 Å². The van der Waals surface area contributed by atoms with Gasteiger partial charge in [-0.1, -0.05) is 23.8 Å². The fourth-order valence-electron chi connectivity index (χ4n) is 3.69. The Balaban J connectivity index is 1.94. The number of hydrogen-bond acceptors (Lipinski definition) is 5. The monoisotopic (exact) mass is 379 g/mol. The average molecular weight is 379 g/mol. The average Bonchev–Trinajstić information content (AvgIpc) is 2.99. The molecule has 0 aliphatic carbocycles. The summed E-state index contributed by atoms with van der Waals surface area (Å²) in [7, 11) is 3.17. The maximum atomic E-state index is 13.3. The van der Waals surface area contributed by atoms with Gasteiger partial charge in [0.15, 0.2) is 5.43 Å². The lowest BCUT2D eigenvalue weighted by atomic mass is 9.98. The third-order valence-electron chi connectivity index (χ3n) is 5.09. The van der Waals surface area contributed by atoms with Crippen molar-refractivity contribution in [1.29, 1.82) is 0 Å². The van der Waals surface area contributed by atoms with Gasteiger partial charge in [-0.2, -0.15) is 0 Å². The lowest BCUT2D eigenvalue weighted by molar-refractivity contribution is 0.0663. The molecule has 1 aliphatic rings. The number of carbonyl (C=O) groups is 1. The van der Waals surface area contributed by atoms with E-state index in [2.05, 4.69) is 0 Å². The van der Waals surface area contributed by atoms with Crippen molar-refractivity contribution < 1.29 is 18.7 Å². The standard InChI is InChI=1S/C22H21NO5/c1-13-4-9-17-16(12-13)20(24)18-19(14-5-7-15(27-3)8-6-14)23(10-11-26-2)22(25)21(18)28-17/h4-9,12,19H,10-11H2,1-3H3/t19-/m1/s1. The van der Waals surface area contributed by atoms with Crippen LogP contribution in [0.1, 0.15) is 33.3 Å². The van der Waals surface area contributed by atoms with Crippen LogP contribution in [0.25, 0.3) is 11.0 Å². The second kappa shape index (κ2) is 7.13. The molecule has 28 heavy (non-hydrogen) atoms. The molecule has 6 nitrogen and oxygen atoms in total. The molecule has 0 fully saturated rings. The second-order valence-electron chi connectivity index (χ2n) is 6.84. The molecule has 6 heteroatoms. The summed E-state index contributed by atoms with van der Waals surface area (Å²) in [6.07, 6.45) is 0. The van der Waals surface area contributed by atoms with E-state index in [0.29, 0.717) is 35.4 Å². The third-order valence-corrected chi connectivity index (χ3v) is 5.09. The summed E-state index contributed by atoms with van der Waals surface area (Å²) in [4.78, 5) is 28.1. The Kier molecular flexibility index (Phi) is 4.65. The van der Waals surface area contributed by atoms with Crippen LogP contribution in [0.4, 0.5) is 0 Å². The van der Waals surface area contributed by atoms with Gasteiger partial charge in [0.1, 0.15) is 11.3 Å². The zero-order valence-electron chi connectivity index (χ0n) is 16.0. The van der Waals surface area contributed by atoms with Crippen molar-refractivity contribution in [2.24, 2.45) is 0 Å². The van der Waals surface area contributed by atoms with E-state index < -0.39 is 6.04 Å². The summed E-state index contributed by atoms with van der Waals surface area (Å²) in [5.41, 5.74) is 2.41. The highest BCUT2D eigenvalue weighted by Gasteiger charge is 2.42.